The number of rotatable bonds is 25. The summed E-state index contributed by atoms with van der Waals surface area (Å²) in [5.41, 5.74) is -2.57. The zero-order valence-electron chi connectivity index (χ0n) is 26.2. The summed E-state index contributed by atoms with van der Waals surface area (Å²) in [7, 11) is 0. The molecule has 42 heavy (non-hydrogen) atoms. The second-order valence-electron chi connectivity index (χ2n) is 10.7. The van der Waals surface area contributed by atoms with Gasteiger partial charge in [0.15, 0.2) is 0 Å². The van der Waals surface area contributed by atoms with E-state index in [1.54, 1.807) is 0 Å². The van der Waals surface area contributed by atoms with Crippen molar-refractivity contribution >= 4 is 29.8 Å². The summed E-state index contributed by atoms with van der Waals surface area (Å²) in [6, 6.07) is 0. The van der Waals surface area contributed by atoms with Crippen LogP contribution in [0.1, 0.15) is 98.8 Å². The Labute approximate surface area is 250 Å². The van der Waals surface area contributed by atoms with Crippen LogP contribution in [0.3, 0.4) is 0 Å². The molecule has 0 saturated heterocycles. The van der Waals surface area contributed by atoms with Gasteiger partial charge < -0.3 is 33.5 Å². The zero-order chi connectivity index (χ0) is 31.9. The topological polar surface area (TPSA) is 161 Å². The highest BCUT2D eigenvalue weighted by molar-refractivity contribution is 5.71. The molecule has 0 aliphatic carbocycles. The summed E-state index contributed by atoms with van der Waals surface area (Å²) >= 11 is 0. The molecular formula is C30H52O12. The Morgan fingerprint density at radius 2 is 0.667 bits per heavy atom. The number of hydrogen-bond donors (Lipinski definition) is 1. The van der Waals surface area contributed by atoms with Crippen molar-refractivity contribution in [3.8, 4) is 0 Å². The number of aliphatic hydroxyl groups excluding tert-OH is 1. The van der Waals surface area contributed by atoms with Crippen LogP contribution in [0.4, 0.5) is 0 Å². The molecule has 244 valence electrons. The molecule has 0 aliphatic heterocycles. The van der Waals surface area contributed by atoms with E-state index in [0.29, 0.717) is 32.1 Å². The summed E-state index contributed by atoms with van der Waals surface area (Å²) in [4.78, 5) is 60.9. The van der Waals surface area contributed by atoms with Crippen LogP contribution in [0.25, 0.3) is 0 Å². The maximum absolute atomic E-state index is 12.2. The third-order valence-corrected chi connectivity index (χ3v) is 6.12. The van der Waals surface area contributed by atoms with E-state index in [-0.39, 0.29) is 78.4 Å². The van der Waals surface area contributed by atoms with Gasteiger partial charge in [0.05, 0.1) is 30.7 Å². The standard InChI is InChI=1S/C30H52O12/c1-6-11-24(32)38-19-29(16-31,20-39-25(33)12-7-2)17-37-18-30(21-40-26(34)13-8-3,22-41-27(35)14-9-4)23-42-28(36)15-10-5/h31H,6-23H2,1-5H3. The normalized spacial score (nSPS) is 11.5. The van der Waals surface area contributed by atoms with E-state index in [4.69, 9.17) is 28.4 Å². The van der Waals surface area contributed by atoms with Gasteiger partial charge in [-0.1, -0.05) is 34.6 Å². The predicted octanol–water partition coefficient (Wildman–Crippen LogP) is 3.68. The van der Waals surface area contributed by atoms with E-state index in [1.807, 2.05) is 34.6 Å². The van der Waals surface area contributed by atoms with Crippen LogP contribution in [0.15, 0.2) is 0 Å². The molecule has 0 radical (unpaired) electrons. The van der Waals surface area contributed by atoms with Gasteiger partial charge in [-0.25, -0.2) is 0 Å². The molecule has 0 unspecified atom stereocenters. The minimum absolute atomic E-state index is 0.169. The molecule has 0 heterocycles. The maximum Gasteiger partial charge on any atom is 0.305 e. The number of carbonyl (C=O) groups excluding carboxylic acids is 5. The van der Waals surface area contributed by atoms with Crippen LogP contribution < -0.4 is 0 Å². The van der Waals surface area contributed by atoms with Crippen molar-refractivity contribution in [2.24, 2.45) is 10.8 Å². The third kappa shape index (κ3) is 17.3. The van der Waals surface area contributed by atoms with Crippen LogP contribution in [0.2, 0.25) is 0 Å². The van der Waals surface area contributed by atoms with E-state index in [0.717, 1.165) is 0 Å². The Morgan fingerprint density at radius 1 is 0.429 bits per heavy atom. The fraction of sp³-hybridized carbons (Fsp3) is 0.833. The Kier molecular flexibility index (Phi) is 21.3. The van der Waals surface area contributed by atoms with Gasteiger partial charge in [-0.15, -0.1) is 0 Å². The number of carbonyl (C=O) groups is 5. The van der Waals surface area contributed by atoms with Gasteiger partial charge in [-0.3, -0.25) is 24.0 Å². The molecule has 0 amide bonds. The SMILES string of the molecule is CCCC(=O)OCC(CO)(COCC(COC(=O)CCC)(COC(=O)CCC)COC(=O)CCC)COC(=O)CCC. The minimum Gasteiger partial charge on any atom is -0.465 e. The van der Waals surface area contributed by atoms with Crippen LogP contribution in [-0.4, -0.2) is 87.8 Å². The molecule has 0 fully saturated rings. The third-order valence-electron chi connectivity index (χ3n) is 6.12. The molecule has 0 bridgehead atoms. The Morgan fingerprint density at radius 3 is 0.905 bits per heavy atom. The van der Waals surface area contributed by atoms with Crippen molar-refractivity contribution in [1.82, 2.24) is 0 Å². The molecule has 12 heteroatoms. The number of esters is 5. The van der Waals surface area contributed by atoms with Gasteiger partial charge >= 0.3 is 29.8 Å². The van der Waals surface area contributed by atoms with Gasteiger partial charge in [0.25, 0.3) is 0 Å². The van der Waals surface area contributed by atoms with Crippen LogP contribution >= 0.6 is 0 Å². The lowest BCUT2D eigenvalue weighted by Gasteiger charge is -2.35. The Balaban J connectivity index is 6.02. The molecular weight excluding hydrogens is 552 g/mol. The van der Waals surface area contributed by atoms with Gasteiger partial charge in [-0.05, 0) is 32.1 Å². The molecule has 12 nitrogen and oxygen atoms in total. The molecule has 0 aliphatic rings. The molecule has 0 spiro atoms. The molecule has 0 rings (SSSR count). The monoisotopic (exact) mass is 604 g/mol. The van der Waals surface area contributed by atoms with Crippen molar-refractivity contribution in [3.63, 3.8) is 0 Å². The largest absolute Gasteiger partial charge is 0.465 e. The smallest absolute Gasteiger partial charge is 0.305 e. The van der Waals surface area contributed by atoms with E-state index in [1.165, 1.54) is 0 Å². The lowest BCUT2D eigenvalue weighted by atomic mass is 9.90. The fourth-order valence-electron chi connectivity index (χ4n) is 3.55. The van der Waals surface area contributed by atoms with Crippen LogP contribution in [0.5, 0.6) is 0 Å². The second kappa shape index (κ2) is 22.8. The van der Waals surface area contributed by atoms with Gasteiger partial charge in [0.1, 0.15) is 33.0 Å². The first kappa shape index (κ1) is 39.3. The highest BCUT2D eigenvalue weighted by Gasteiger charge is 2.39. The van der Waals surface area contributed by atoms with Gasteiger partial charge in [0, 0.05) is 32.1 Å². The quantitative estimate of drug-likeness (QED) is 0.119. The zero-order valence-corrected chi connectivity index (χ0v) is 26.2. The Hall–Kier alpha value is -2.73. The van der Waals surface area contributed by atoms with E-state index in [9.17, 15) is 29.1 Å². The first-order chi connectivity index (χ1) is 20.0. The average Bonchev–Trinajstić information content (AvgIpc) is 2.95. The molecule has 0 atom stereocenters. The molecule has 1 N–H and O–H groups in total. The number of aliphatic hydroxyl groups is 1. The predicted molar refractivity (Wildman–Crippen MR) is 152 cm³/mol. The Bertz CT molecular complexity index is 733. The summed E-state index contributed by atoms with van der Waals surface area (Å²) in [5.74, 6) is -2.37. The average molecular weight is 605 g/mol. The van der Waals surface area contributed by atoms with E-state index in [2.05, 4.69) is 0 Å². The molecule has 0 aromatic heterocycles. The fourth-order valence-corrected chi connectivity index (χ4v) is 3.55. The van der Waals surface area contributed by atoms with Gasteiger partial charge in [0.2, 0.25) is 0 Å². The van der Waals surface area contributed by atoms with Crippen molar-refractivity contribution in [2.75, 3.05) is 52.9 Å². The van der Waals surface area contributed by atoms with E-state index >= 15 is 0 Å². The number of hydrogen-bond acceptors (Lipinski definition) is 12. The van der Waals surface area contributed by atoms with Gasteiger partial charge in [-0.2, -0.15) is 0 Å². The number of ether oxygens (including phenoxy) is 6. The second-order valence-corrected chi connectivity index (χ2v) is 10.7. The first-order valence-electron chi connectivity index (χ1n) is 15.0. The van der Waals surface area contributed by atoms with Crippen molar-refractivity contribution in [3.05, 3.63) is 0 Å². The minimum atomic E-state index is -1.30. The first-order valence-corrected chi connectivity index (χ1v) is 15.0. The summed E-state index contributed by atoms with van der Waals surface area (Å²) in [6.07, 6.45) is 3.68. The lowest BCUT2D eigenvalue weighted by Crippen LogP contribution is -2.46. The van der Waals surface area contributed by atoms with Crippen molar-refractivity contribution in [2.45, 2.75) is 98.8 Å². The molecule has 0 aromatic carbocycles. The van der Waals surface area contributed by atoms with Crippen LogP contribution in [0, 0.1) is 10.8 Å². The summed E-state index contributed by atoms with van der Waals surface area (Å²) in [5, 5.41) is 10.3. The van der Waals surface area contributed by atoms with Crippen LogP contribution in [-0.2, 0) is 52.4 Å². The lowest BCUT2D eigenvalue weighted by molar-refractivity contribution is -0.172. The highest BCUT2D eigenvalue weighted by atomic mass is 16.6. The summed E-state index contributed by atoms with van der Waals surface area (Å²) < 4.78 is 33.1. The van der Waals surface area contributed by atoms with E-state index < -0.39 is 47.3 Å². The highest BCUT2D eigenvalue weighted by Crippen LogP contribution is 2.26. The molecule has 0 aromatic rings. The van der Waals surface area contributed by atoms with Crippen molar-refractivity contribution in [1.29, 1.82) is 0 Å². The maximum atomic E-state index is 12.2. The molecule has 0 saturated carbocycles. The van der Waals surface area contributed by atoms with Crippen molar-refractivity contribution < 1.29 is 57.5 Å². The summed E-state index contributed by atoms with van der Waals surface area (Å²) in [6.45, 7) is 6.75.